The van der Waals surface area contributed by atoms with Crippen molar-refractivity contribution in [3.8, 4) is 17.5 Å². The van der Waals surface area contributed by atoms with Gasteiger partial charge in [-0.1, -0.05) is 17.9 Å². The van der Waals surface area contributed by atoms with Gasteiger partial charge in [0.05, 0.1) is 12.3 Å². The Kier molecular flexibility index (Phi) is 3.68. The average Bonchev–Trinajstić information content (AvgIpc) is 2.72. The summed E-state index contributed by atoms with van der Waals surface area (Å²) in [6, 6.07) is 5.26. The lowest BCUT2D eigenvalue weighted by molar-refractivity contribution is 0.305. The molecule has 0 aliphatic carbocycles. The van der Waals surface area contributed by atoms with Crippen molar-refractivity contribution in [3.63, 3.8) is 0 Å². The van der Waals surface area contributed by atoms with E-state index in [-0.39, 0.29) is 6.61 Å². The van der Waals surface area contributed by atoms with Crippen LogP contribution in [0.25, 0.3) is 5.69 Å². The molecule has 0 fully saturated rings. The van der Waals surface area contributed by atoms with Crippen LogP contribution in [-0.2, 0) is 0 Å². The van der Waals surface area contributed by atoms with Gasteiger partial charge in [0.15, 0.2) is 0 Å². The Morgan fingerprint density at radius 1 is 1.26 bits per heavy atom. The third-order valence-electron chi connectivity index (χ3n) is 2.60. The van der Waals surface area contributed by atoms with Gasteiger partial charge in [-0.15, -0.1) is 0 Å². The zero-order valence-corrected chi connectivity index (χ0v) is 10.4. The number of hydrogen-bond donors (Lipinski definition) is 3. The molecule has 0 amide bonds. The summed E-state index contributed by atoms with van der Waals surface area (Å²) < 4.78 is 1.02. The molecule has 3 N–H and O–H groups in total. The molecule has 0 aliphatic heterocycles. The monoisotopic (exact) mass is 259 g/mol. The van der Waals surface area contributed by atoms with Crippen LogP contribution >= 0.6 is 0 Å². The number of nitrogens with one attached hydrogen (secondary N) is 2. The minimum Gasteiger partial charge on any atom is -0.395 e. The summed E-state index contributed by atoms with van der Waals surface area (Å²) in [5.41, 5.74) is 0.923. The smallest absolute Gasteiger partial charge is 0.348 e. The maximum atomic E-state index is 11.6. The normalized spacial score (nSPS) is 10.0. The van der Waals surface area contributed by atoms with Gasteiger partial charge >= 0.3 is 11.4 Å². The van der Waals surface area contributed by atoms with Gasteiger partial charge in [-0.3, -0.25) is 0 Å². The van der Waals surface area contributed by atoms with Crippen LogP contribution in [0.3, 0.4) is 0 Å². The van der Waals surface area contributed by atoms with Gasteiger partial charge in [-0.25, -0.2) is 24.4 Å². The second-order valence-corrected chi connectivity index (χ2v) is 3.97. The number of hydrogen-bond acceptors (Lipinski definition) is 3. The van der Waals surface area contributed by atoms with Gasteiger partial charge < -0.3 is 5.11 Å². The van der Waals surface area contributed by atoms with E-state index in [1.165, 1.54) is 0 Å². The van der Waals surface area contributed by atoms with Crippen molar-refractivity contribution in [3.05, 3.63) is 50.3 Å². The summed E-state index contributed by atoms with van der Waals surface area (Å²) in [7, 11) is 0. The van der Waals surface area contributed by atoms with Crippen LogP contribution in [0.5, 0.6) is 0 Å². The molecule has 0 atom stereocenters. The highest BCUT2D eigenvalue weighted by Crippen LogP contribution is 2.12. The Bertz CT molecular complexity index is 728. The first kappa shape index (κ1) is 12.9. The van der Waals surface area contributed by atoms with Crippen LogP contribution in [0.1, 0.15) is 17.5 Å². The van der Waals surface area contributed by atoms with Crippen molar-refractivity contribution in [2.75, 3.05) is 6.61 Å². The number of aliphatic hydroxyl groups excluding tert-OH is 1. The van der Waals surface area contributed by atoms with Crippen molar-refractivity contribution in [1.82, 2.24) is 14.8 Å². The number of benzene rings is 1. The summed E-state index contributed by atoms with van der Waals surface area (Å²) >= 11 is 0. The molecular formula is C13H13N3O3. The molecular weight excluding hydrogens is 246 g/mol. The van der Waals surface area contributed by atoms with Crippen molar-refractivity contribution < 1.29 is 5.11 Å². The first-order valence-corrected chi connectivity index (χ1v) is 5.74. The molecule has 6 nitrogen and oxygen atoms in total. The van der Waals surface area contributed by atoms with E-state index in [1.54, 1.807) is 25.1 Å². The molecule has 0 aliphatic rings. The summed E-state index contributed by atoms with van der Waals surface area (Å²) in [5.74, 6) is 5.66. The fourth-order valence-corrected chi connectivity index (χ4v) is 1.68. The molecule has 2 rings (SSSR count). The van der Waals surface area contributed by atoms with E-state index in [9.17, 15) is 9.59 Å². The SMILES string of the molecule is Cc1ccc(C#CCCO)cc1-n1c(=O)[nH][nH]c1=O. The highest BCUT2D eigenvalue weighted by molar-refractivity contribution is 5.48. The highest BCUT2D eigenvalue weighted by atomic mass is 16.2. The Morgan fingerprint density at radius 2 is 1.95 bits per heavy atom. The number of rotatable bonds is 2. The summed E-state index contributed by atoms with van der Waals surface area (Å²) in [4.78, 5) is 23.1. The first-order valence-electron chi connectivity index (χ1n) is 5.74. The summed E-state index contributed by atoms with van der Waals surface area (Å²) in [5, 5.41) is 13.1. The van der Waals surface area contributed by atoms with Gasteiger partial charge in [0.2, 0.25) is 0 Å². The zero-order valence-electron chi connectivity index (χ0n) is 10.4. The number of aryl methyl sites for hydroxylation is 1. The standard InChI is InChI=1S/C13H13N3O3/c1-9-5-6-10(4-2-3-7-17)8-11(9)16-12(18)14-15-13(16)19/h5-6,8,17H,3,7H2,1H3,(H,14,18)(H,15,19). The average molecular weight is 259 g/mol. The van der Waals surface area contributed by atoms with Crippen molar-refractivity contribution in [2.45, 2.75) is 13.3 Å². The molecule has 0 saturated carbocycles. The number of aromatic amines is 2. The number of H-pyrrole nitrogens is 2. The van der Waals surface area contributed by atoms with Crippen molar-refractivity contribution >= 4 is 0 Å². The van der Waals surface area contributed by atoms with Crippen molar-refractivity contribution in [1.29, 1.82) is 0 Å². The van der Waals surface area contributed by atoms with Crippen LogP contribution in [0.2, 0.25) is 0 Å². The molecule has 1 aromatic carbocycles. The quantitative estimate of drug-likeness (QED) is 0.657. The predicted octanol–water partition coefficient (Wildman–Crippen LogP) is -0.104. The molecule has 0 radical (unpaired) electrons. The maximum absolute atomic E-state index is 11.6. The summed E-state index contributed by atoms with van der Waals surface area (Å²) in [6.45, 7) is 1.81. The van der Waals surface area contributed by atoms with Crippen LogP contribution in [-0.4, -0.2) is 26.5 Å². The van der Waals surface area contributed by atoms with E-state index >= 15 is 0 Å². The Labute approximate surface area is 108 Å². The molecule has 1 heterocycles. The topological polar surface area (TPSA) is 90.9 Å². The molecule has 98 valence electrons. The first-order chi connectivity index (χ1) is 9.13. The number of aliphatic hydroxyl groups is 1. The van der Waals surface area contributed by atoms with Gasteiger partial charge in [-0.05, 0) is 24.6 Å². The molecule has 2 aromatic rings. The Balaban J connectivity index is 2.53. The van der Waals surface area contributed by atoms with Crippen LogP contribution in [0.15, 0.2) is 27.8 Å². The lowest BCUT2D eigenvalue weighted by Crippen LogP contribution is -2.25. The molecule has 0 unspecified atom stereocenters. The molecule has 1 aromatic heterocycles. The van der Waals surface area contributed by atoms with E-state index in [0.29, 0.717) is 17.7 Å². The van der Waals surface area contributed by atoms with Gasteiger partial charge in [-0.2, -0.15) is 0 Å². The Morgan fingerprint density at radius 3 is 2.58 bits per heavy atom. The number of nitrogens with zero attached hydrogens (tertiary/aromatic N) is 1. The second-order valence-electron chi connectivity index (χ2n) is 3.97. The Hall–Kier alpha value is -2.52. The molecule has 19 heavy (non-hydrogen) atoms. The van der Waals surface area contributed by atoms with E-state index < -0.39 is 11.4 Å². The predicted molar refractivity (Wildman–Crippen MR) is 70.3 cm³/mol. The molecule has 0 spiro atoms. The number of aromatic nitrogens is 3. The minimum atomic E-state index is -0.520. The van der Waals surface area contributed by atoms with Crippen molar-refractivity contribution in [2.24, 2.45) is 0 Å². The van der Waals surface area contributed by atoms with Crippen LogP contribution < -0.4 is 11.4 Å². The fourth-order valence-electron chi connectivity index (χ4n) is 1.68. The van der Waals surface area contributed by atoms with Gasteiger partial charge in [0, 0.05) is 12.0 Å². The van der Waals surface area contributed by atoms with Crippen LogP contribution in [0, 0.1) is 18.8 Å². The lowest BCUT2D eigenvalue weighted by Gasteiger charge is -2.04. The fraction of sp³-hybridized carbons (Fsp3) is 0.231. The minimum absolute atomic E-state index is 0.00263. The van der Waals surface area contributed by atoms with Crippen LogP contribution in [0.4, 0.5) is 0 Å². The molecule has 6 heteroatoms. The zero-order chi connectivity index (χ0) is 13.8. The van der Waals surface area contributed by atoms with E-state index in [1.807, 2.05) is 0 Å². The lowest BCUT2D eigenvalue weighted by atomic mass is 10.1. The largest absolute Gasteiger partial charge is 0.395 e. The third kappa shape index (κ3) is 2.67. The van der Waals surface area contributed by atoms with E-state index in [2.05, 4.69) is 22.0 Å². The summed E-state index contributed by atoms with van der Waals surface area (Å²) in [6.07, 6.45) is 0.383. The second kappa shape index (κ2) is 5.42. The highest BCUT2D eigenvalue weighted by Gasteiger charge is 2.08. The third-order valence-corrected chi connectivity index (χ3v) is 2.60. The molecule has 0 saturated heterocycles. The van der Waals surface area contributed by atoms with Gasteiger partial charge in [0.1, 0.15) is 0 Å². The molecule has 0 bridgehead atoms. The van der Waals surface area contributed by atoms with E-state index in [4.69, 9.17) is 5.11 Å². The van der Waals surface area contributed by atoms with Gasteiger partial charge in [0.25, 0.3) is 0 Å². The maximum Gasteiger partial charge on any atom is 0.348 e. The van der Waals surface area contributed by atoms with E-state index in [0.717, 1.165) is 10.1 Å².